The Bertz CT molecular complexity index is 885. The number of hydrogen-bond acceptors (Lipinski definition) is 5. The molecule has 6 nitrogen and oxygen atoms in total. The number of piperazine rings is 1. The molecule has 2 aromatic carbocycles. The lowest BCUT2D eigenvalue weighted by atomic mass is 9.98. The minimum Gasteiger partial charge on any atom is -0.495 e. The number of amides is 1. The SMILES string of the molecule is COc1ccccc1N1CCN(c2ccc(N)cc2C(=O)N2CCC(C)CC2)CC1. The summed E-state index contributed by atoms with van der Waals surface area (Å²) >= 11 is 0. The predicted molar refractivity (Wildman–Crippen MR) is 123 cm³/mol. The molecule has 30 heavy (non-hydrogen) atoms. The third kappa shape index (κ3) is 4.18. The summed E-state index contributed by atoms with van der Waals surface area (Å²) in [6.07, 6.45) is 2.14. The molecule has 0 atom stereocenters. The molecule has 2 aromatic rings. The molecule has 0 radical (unpaired) electrons. The normalized spacial score (nSPS) is 17.9. The van der Waals surface area contributed by atoms with E-state index in [1.807, 2.05) is 41.3 Å². The van der Waals surface area contributed by atoms with Crippen molar-refractivity contribution in [3.63, 3.8) is 0 Å². The summed E-state index contributed by atoms with van der Waals surface area (Å²) in [6.45, 7) is 7.36. The van der Waals surface area contributed by atoms with Crippen LogP contribution in [-0.4, -0.2) is 57.2 Å². The van der Waals surface area contributed by atoms with Gasteiger partial charge in [0.15, 0.2) is 0 Å². The van der Waals surface area contributed by atoms with Gasteiger partial charge in [0.25, 0.3) is 5.91 Å². The topological polar surface area (TPSA) is 62.0 Å². The van der Waals surface area contributed by atoms with Crippen LogP contribution >= 0.6 is 0 Å². The molecule has 2 aliphatic rings. The van der Waals surface area contributed by atoms with Crippen LogP contribution in [0.25, 0.3) is 0 Å². The summed E-state index contributed by atoms with van der Waals surface area (Å²) in [7, 11) is 1.71. The van der Waals surface area contributed by atoms with E-state index < -0.39 is 0 Å². The molecule has 0 saturated carbocycles. The first-order valence-electron chi connectivity index (χ1n) is 10.9. The highest BCUT2D eigenvalue weighted by molar-refractivity contribution is 6.01. The Kier molecular flexibility index (Phi) is 6.02. The van der Waals surface area contributed by atoms with Gasteiger partial charge in [-0.25, -0.2) is 0 Å². The van der Waals surface area contributed by atoms with Crippen LogP contribution in [0.3, 0.4) is 0 Å². The number of rotatable bonds is 4. The molecule has 2 aliphatic heterocycles. The Morgan fingerprint density at radius 1 is 0.933 bits per heavy atom. The predicted octanol–water partition coefficient (Wildman–Crippen LogP) is 3.48. The molecular formula is C24H32N4O2. The van der Waals surface area contributed by atoms with E-state index in [0.717, 1.165) is 74.8 Å². The molecule has 2 saturated heterocycles. The number of nitrogen functional groups attached to an aromatic ring is 1. The van der Waals surface area contributed by atoms with Crippen LogP contribution in [-0.2, 0) is 0 Å². The Balaban J connectivity index is 1.50. The van der Waals surface area contributed by atoms with E-state index in [4.69, 9.17) is 10.5 Å². The maximum absolute atomic E-state index is 13.3. The standard InChI is InChI=1S/C24H32N4O2/c1-18-9-11-28(12-10-18)24(29)20-17-19(25)7-8-21(20)26-13-15-27(16-14-26)22-5-3-4-6-23(22)30-2/h3-8,17-18H,9-16,25H2,1-2H3. The summed E-state index contributed by atoms with van der Waals surface area (Å²) in [5.74, 6) is 1.70. The first kappa shape index (κ1) is 20.4. The number of carbonyl (C=O) groups excluding carboxylic acids is 1. The van der Waals surface area contributed by atoms with Gasteiger partial charge in [0.1, 0.15) is 5.75 Å². The van der Waals surface area contributed by atoms with Gasteiger partial charge in [0.05, 0.1) is 18.4 Å². The van der Waals surface area contributed by atoms with Crippen molar-refractivity contribution in [2.45, 2.75) is 19.8 Å². The van der Waals surface area contributed by atoms with Gasteiger partial charge >= 0.3 is 0 Å². The highest BCUT2D eigenvalue weighted by Crippen LogP contribution is 2.31. The number of anilines is 3. The average Bonchev–Trinajstić information content (AvgIpc) is 2.79. The van der Waals surface area contributed by atoms with Gasteiger partial charge in [0.2, 0.25) is 0 Å². The van der Waals surface area contributed by atoms with E-state index in [2.05, 4.69) is 22.8 Å². The average molecular weight is 409 g/mol. The number of para-hydroxylation sites is 2. The fourth-order valence-corrected chi connectivity index (χ4v) is 4.46. The van der Waals surface area contributed by atoms with E-state index in [-0.39, 0.29) is 5.91 Å². The van der Waals surface area contributed by atoms with Gasteiger partial charge in [-0.1, -0.05) is 19.1 Å². The van der Waals surface area contributed by atoms with E-state index in [1.165, 1.54) is 0 Å². The zero-order chi connectivity index (χ0) is 21.1. The van der Waals surface area contributed by atoms with Gasteiger partial charge in [-0.3, -0.25) is 4.79 Å². The molecule has 0 unspecified atom stereocenters. The monoisotopic (exact) mass is 408 g/mol. The van der Waals surface area contributed by atoms with Gasteiger partial charge in [-0.05, 0) is 49.1 Å². The van der Waals surface area contributed by atoms with Crippen molar-refractivity contribution in [2.24, 2.45) is 5.92 Å². The highest BCUT2D eigenvalue weighted by Gasteiger charge is 2.27. The number of likely N-dealkylation sites (tertiary alicyclic amines) is 1. The number of methoxy groups -OCH3 is 1. The zero-order valence-corrected chi connectivity index (χ0v) is 18.0. The zero-order valence-electron chi connectivity index (χ0n) is 18.0. The van der Waals surface area contributed by atoms with E-state index in [0.29, 0.717) is 11.6 Å². The van der Waals surface area contributed by atoms with E-state index in [1.54, 1.807) is 7.11 Å². The first-order chi connectivity index (χ1) is 14.6. The molecule has 2 N–H and O–H groups in total. The van der Waals surface area contributed by atoms with Crippen LogP contribution in [0.15, 0.2) is 42.5 Å². The smallest absolute Gasteiger partial charge is 0.256 e. The maximum atomic E-state index is 13.3. The van der Waals surface area contributed by atoms with Gasteiger partial charge in [-0.15, -0.1) is 0 Å². The minimum absolute atomic E-state index is 0.108. The van der Waals surface area contributed by atoms with Crippen molar-refractivity contribution in [2.75, 3.05) is 61.9 Å². The van der Waals surface area contributed by atoms with Gasteiger partial charge < -0.3 is 25.2 Å². The highest BCUT2D eigenvalue weighted by atomic mass is 16.5. The minimum atomic E-state index is 0.108. The molecular weight excluding hydrogens is 376 g/mol. The summed E-state index contributed by atoms with van der Waals surface area (Å²) in [6, 6.07) is 13.9. The van der Waals surface area contributed by atoms with E-state index in [9.17, 15) is 4.79 Å². The summed E-state index contributed by atoms with van der Waals surface area (Å²) < 4.78 is 5.53. The number of hydrogen-bond donors (Lipinski definition) is 1. The quantitative estimate of drug-likeness (QED) is 0.785. The molecule has 1 amide bonds. The van der Waals surface area contributed by atoms with Gasteiger partial charge in [-0.2, -0.15) is 0 Å². The first-order valence-corrected chi connectivity index (χ1v) is 10.9. The Morgan fingerprint density at radius 2 is 1.57 bits per heavy atom. The molecule has 2 fully saturated rings. The Labute approximate surface area is 179 Å². The number of nitrogens with two attached hydrogens (primary N) is 1. The third-order valence-electron chi connectivity index (χ3n) is 6.37. The van der Waals surface area contributed by atoms with Crippen molar-refractivity contribution < 1.29 is 9.53 Å². The molecule has 2 heterocycles. The molecule has 4 rings (SSSR count). The number of carbonyl (C=O) groups is 1. The summed E-state index contributed by atoms with van der Waals surface area (Å²) in [5, 5.41) is 0. The molecule has 0 bridgehead atoms. The lowest BCUT2D eigenvalue weighted by Gasteiger charge is -2.39. The lowest BCUT2D eigenvalue weighted by Crippen LogP contribution is -2.47. The molecule has 0 aromatic heterocycles. The molecule has 0 spiro atoms. The Hall–Kier alpha value is -2.89. The van der Waals surface area contributed by atoms with Crippen LogP contribution in [0.2, 0.25) is 0 Å². The number of benzene rings is 2. The number of nitrogens with zero attached hydrogens (tertiary/aromatic N) is 3. The lowest BCUT2D eigenvalue weighted by molar-refractivity contribution is 0.0698. The second-order valence-electron chi connectivity index (χ2n) is 8.40. The second kappa shape index (κ2) is 8.86. The number of ether oxygens (including phenoxy) is 1. The third-order valence-corrected chi connectivity index (χ3v) is 6.37. The fraction of sp³-hybridized carbons (Fsp3) is 0.458. The second-order valence-corrected chi connectivity index (χ2v) is 8.40. The van der Waals surface area contributed by atoms with Crippen molar-refractivity contribution in [3.8, 4) is 5.75 Å². The van der Waals surface area contributed by atoms with Crippen molar-refractivity contribution in [3.05, 3.63) is 48.0 Å². The van der Waals surface area contributed by atoms with Crippen molar-refractivity contribution in [1.82, 2.24) is 4.90 Å². The summed E-state index contributed by atoms with van der Waals surface area (Å²) in [5.41, 5.74) is 9.55. The maximum Gasteiger partial charge on any atom is 0.256 e. The van der Waals surface area contributed by atoms with E-state index >= 15 is 0 Å². The fourth-order valence-electron chi connectivity index (χ4n) is 4.46. The van der Waals surface area contributed by atoms with Gasteiger partial charge in [0, 0.05) is 50.6 Å². The van der Waals surface area contributed by atoms with Crippen LogP contribution < -0.4 is 20.3 Å². The van der Waals surface area contributed by atoms with Crippen LogP contribution in [0, 0.1) is 5.92 Å². The van der Waals surface area contributed by atoms with Crippen molar-refractivity contribution >= 4 is 23.0 Å². The van der Waals surface area contributed by atoms with Crippen LogP contribution in [0.4, 0.5) is 17.1 Å². The number of piperidine rings is 1. The molecule has 0 aliphatic carbocycles. The van der Waals surface area contributed by atoms with Crippen LogP contribution in [0.5, 0.6) is 5.75 Å². The molecule has 6 heteroatoms. The molecule has 160 valence electrons. The Morgan fingerprint density at radius 3 is 2.23 bits per heavy atom. The van der Waals surface area contributed by atoms with Crippen molar-refractivity contribution in [1.29, 1.82) is 0 Å². The van der Waals surface area contributed by atoms with Crippen LogP contribution in [0.1, 0.15) is 30.1 Å². The summed E-state index contributed by atoms with van der Waals surface area (Å²) in [4.78, 5) is 20.0. The largest absolute Gasteiger partial charge is 0.495 e.